The zero-order chi connectivity index (χ0) is 16.3. The number of carbonyl (C=O) groups excluding carboxylic acids is 1. The molecule has 1 heterocycles. The van der Waals surface area contributed by atoms with E-state index in [2.05, 4.69) is 0 Å². The van der Waals surface area contributed by atoms with Crippen molar-refractivity contribution >= 4 is 17.7 Å². The molecule has 6 nitrogen and oxygen atoms in total. The summed E-state index contributed by atoms with van der Waals surface area (Å²) < 4.78 is 1.62. The molecule has 0 atom stereocenters. The number of aromatic carboxylic acids is 2. The number of hydrogen-bond acceptors (Lipinski definition) is 3. The molecule has 0 saturated heterocycles. The smallest absolute Gasteiger partial charge is 0.341 e. The fourth-order valence-electron chi connectivity index (χ4n) is 2.07. The maximum atomic E-state index is 11.5. The molecule has 6 heteroatoms. The van der Waals surface area contributed by atoms with Gasteiger partial charge in [0.2, 0.25) is 0 Å². The van der Waals surface area contributed by atoms with E-state index in [1.165, 1.54) is 31.3 Å². The van der Waals surface area contributed by atoms with Crippen LogP contribution in [0.5, 0.6) is 0 Å². The molecule has 2 rings (SSSR count). The van der Waals surface area contributed by atoms with Gasteiger partial charge in [0.05, 0.1) is 5.56 Å². The average Bonchev–Trinajstić information content (AvgIpc) is 2.47. The van der Waals surface area contributed by atoms with Crippen LogP contribution in [0.15, 0.2) is 42.7 Å². The van der Waals surface area contributed by atoms with Crippen LogP contribution in [0.3, 0.4) is 0 Å². The summed E-state index contributed by atoms with van der Waals surface area (Å²) in [5, 5.41) is 18.1. The number of rotatable bonds is 5. The average molecular weight is 315 g/mol. The third-order valence-corrected chi connectivity index (χ3v) is 3.12. The molecule has 0 amide bonds. The highest BCUT2D eigenvalue weighted by atomic mass is 16.4. The van der Waals surface area contributed by atoms with E-state index in [0.717, 1.165) is 0 Å². The summed E-state index contributed by atoms with van der Waals surface area (Å²) in [7, 11) is 0. The van der Waals surface area contributed by atoms with Gasteiger partial charge >= 0.3 is 11.9 Å². The quantitative estimate of drug-likeness (QED) is 0.500. The number of Topliss-reactive ketones (excluding diaryl/α,β-unsaturated/α-hetero) is 1. The van der Waals surface area contributed by atoms with Gasteiger partial charge in [-0.05, 0) is 31.2 Å². The zero-order valence-electron chi connectivity index (χ0n) is 12.8. The van der Waals surface area contributed by atoms with Gasteiger partial charge < -0.3 is 17.6 Å². The van der Waals surface area contributed by atoms with Gasteiger partial charge in [-0.1, -0.05) is 0 Å². The third-order valence-electron chi connectivity index (χ3n) is 3.12. The summed E-state index contributed by atoms with van der Waals surface area (Å²) in [5.74, 6) is -2.39. The Hall–Kier alpha value is -3.02. The lowest BCUT2D eigenvalue weighted by molar-refractivity contribution is -0.688. The number of hydrogen-bond donors (Lipinski definition) is 2. The number of nitrogens with zero attached hydrogens (tertiary/aromatic N) is 1. The highest BCUT2D eigenvalue weighted by Gasteiger charge is 2.14. The molecule has 0 fully saturated rings. The number of pyridine rings is 1. The Bertz CT molecular complexity index is 735. The van der Waals surface area contributed by atoms with E-state index in [-0.39, 0.29) is 30.9 Å². The van der Waals surface area contributed by atoms with Gasteiger partial charge in [0.25, 0.3) is 0 Å². The Labute approximate surface area is 133 Å². The van der Waals surface area contributed by atoms with Gasteiger partial charge in [0, 0.05) is 17.2 Å². The van der Waals surface area contributed by atoms with Crippen molar-refractivity contribution in [2.45, 2.75) is 13.5 Å². The van der Waals surface area contributed by atoms with Crippen molar-refractivity contribution in [3.8, 4) is 0 Å². The molecule has 0 aliphatic heterocycles. The minimum absolute atomic E-state index is 0. The van der Waals surface area contributed by atoms with Gasteiger partial charge in [-0.3, -0.25) is 4.79 Å². The van der Waals surface area contributed by atoms with Crippen LogP contribution < -0.4 is 4.57 Å². The Morgan fingerprint density at radius 2 is 1.61 bits per heavy atom. The lowest BCUT2D eigenvalue weighted by Gasteiger charge is -2.04. The molecule has 0 bridgehead atoms. The monoisotopic (exact) mass is 315 g/mol. The van der Waals surface area contributed by atoms with Crippen LogP contribution in [0, 0.1) is 7.43 Å². The molecule has 1 aromatic heterocycles. The molecule has 23 heavy (non-hydrogen) atoms. The highest BCUT2D eigenvalue weighted by Crippen LogP contribution is 2.12. The highest BCUT2D eigenvalue weighted by molar-refractivity contribution is 5.97. The zero-order valence-corrected chi connectivity index (χ0v) is 12.8. The van der Waals surface area contributed by atoms with E-state index in [1.54, 1.807) is 22.9 Å². The normalized spacial score (nSPS) is 9.78. The van der Waals surface area contributed by atoms with E-state index < -0.39 is 11.9 Å². The number of carboxylic acids is 2. The first-order chi connectivity index (χ1) is 10.4. The first-order valence-corrected chi connectivity index (χ1v) is 6.47. The van der Waals surface area contributed by atoms with Crippen LogP contribution >= 0.6 is 0 Å². The van der Waals surface area contributed by atoms with Crippen molar-refractivity contribution in [3.05, 3.63) is 72.4 Å². The van der Waals surface area contributed by atoms with Crippen LogP contribution in [-0.2, 0) is 6.54 Å². The molecule has 0 saturated carbocycles. The second kappa shape index (κ2) is 7.31. The topological polar surface area (TPSA) is 95.5 Å². The lowest BCUT2D eigenvalue weighted by atomic mass is 10.0. The first-order valence-electron chi connectivity index (χ1n) is 6.47. The number of carboxylic acid groups (broad SMARTS) is 2. The van der Waals surface area contributed by atoms with Crippen molar-refractivity contribution in [2.75, 3.05) is 0 Å². The van der Waals surface area contributed by atoms with Crippen molar-refractivity contribution < 1.29 is 29.2 Å². The van der Waals surface area contributed by atoms with Gasteiger partial charge in [-0.15, -0.1) is 0 Å². The summed E-state index contributed by atoms with van der Waals surface area (Å²) in [6.07, 6.45) is 3.12. The summed E-state index contributed by atoms with van der Waals surface area (Å²) >= 11 is 0. The van der Waals surface area contributed by atoms with Gasteiger partial charge in [0.1, 0.15) is 5.56 Å². The lowest BCUT2D eigenvalue weighted by Crippen LogP contribution is -2.34. The fraction of sp³-hybridized carbons (Fsp3) is 0.118. The molecule has 2 N–H and O–H groups in total. The predicted molar refractivity (Wildman–Crippen MR) is 82.5 cm³/mol. The van der Waals surface area contributed by atoms with Crippen molar-refractivity contribution in [1.29, 1.82) is 0 Å². The van der Waals surface area contributed by atoms with E-state index >= 15 is 0 Å². The standard InChI is InChI=1S/C16H13NO5.CH3/c1-10(18)13-5-11(6-14(7-13)16(21)22)8-17-4-2-3-12(9-17)15(19)20;/h2-7,9H,8H2,1H3,(H-,19,20,21,22);1H3/q;-1/p+1. The van der Waals surface area contributed by atoms with Gasteiger partial charge in [0.15, 0.2) is 24.7 Å². The molecule has 120 valence electrons. The Morgan fingerprint density at radius 3 is 2.17 bits per heavy atom. The first kappa shape index (κ1) is 18.0. The van der Waals surface area contributed by atoms with E-state index in [1.807, 2.05) is 0 Å². The summed E-state index contributed by atoms with van der Waals surface area (Å²) in [4.78, 5) is 33.6. The molecular formula is C17H17NO5. The molecular weight excluding hydrogens is 298 g/mol. The van der Waals surface area contributed by atoms with Gasteiger partial charge in [-0.25, -0.2) is 9.59 Å². The van der Waals surface area contributed by atoms with Crippen molar-refractivity contribution in [2.24, 2.45) is 0 Å². The number of benzene rings is 1. The molecule has 0 spiro atoms. The molecule has 0 radical (unpaired) electrons. The van der Waals surface area contributed by atoms with E-state index in [0.29, 0.717) is 11.1 Å². The van der Waals surface area contributed by atoms with Crippen LogP contribution in [0.4, 0.5) is 0 Å². The molecule has 0 aliphatic rings. The summed E-state index contributed by atoms with van der Waals surface area (Å²) in [6, 6.07) is 7.46. The fourth-order valence-corrected chi connectivity index (χ4v) is 2.07. The molecule has 2 aromatic rings. The van der Waals surface area contributed by atoms with Crippen molar-refractivity contribution in [3.63, 3.8) is 0 Å². The SMILES string of the molecule is CC(=O)c1cc(C[n+]2cccc(C(=O)O)c2)cc(C(=O)O)c1.[CH3-]. The third kappa shape index (κ3) is 4.47. The second-order valence-electron chi connectivity index (χ2n) is 4.85. The Morgan fingerprint density at radius 1 is 1.00 bits per heavy atom. The maximum absolute atomic E-state index is 11.5. The van der Waals surface area contributed by atoms with Gasteiger partial charge in [-0.2, -0.15) is 4.57 Å². The number of ketones is 1. The maximum Gasteiger partial charge on any atom is 0.341 e. The Kier molecular flexibility index (Phi) is 5.73. The van der Waals surface area contributed by atoms with Crippen molar-refractivity contribution in [1.82, 2.24) is 0 Å². The molecule has 0 aliphatic carbocycles. The minimum atomic E-state index is -1.12. The van der Waals surface area contributed by atoms with E-state index in [4.69, 9.17) is 10.2 Å². The largest absolute Gasteiger partial charge is 0.478 e. The second-order valence-corrected chi connectivity index (χ2v) is 4.85. The Balaban J connectivity index is 0.00000264. The van der Waals surface area contributed by atoms with Crippen LogP contribution in [-0.4, -0.2) is 27.9 Å². The van der Waals surface area contributed by atoms with Crippen LogP contribution in [0.1, 0.15) is 43.6 Å². The van der Waals surface area contributed by atoms with E-state index in [9.17, 15) is 14.4 Å². The predicted octanol–water partition coefficient (Wildman–Crippen LogP) is 2.07. The number of aromatic nitrogens is 1. The summed E-state index contributed by atoms with van der Waals surface area (Å²) in [6.45, 7) is 1.63. The number of carbonyl (C=O) groups is 3. The minimum Gasteiger partial charge on any atom is -0.478 e. The molecule has 0 unspecified atom stereocenters. The van der Waals surface area contributed by atoms with Crippen LogP contribution in [0.25, 0.3) is 0 Å². The van der Waals surface area contributed by atoms with Crippen LogP contribution in [0.2, 0.25) is 0 Å². The molecule has 1 aromatic carbocycles. The summed E-state index contributed by atoms with van der Waals surface area (Å²) in [5.41, 5.74) is 1.07.